The van der Waals surface area contributed by atoms with Crippen molar-refractivity contribution in [2.75, 3.05) is 5.88 Å². The standard InChI is InChI=1S/C16H15BrClN3/c1-11-7-14-16(19-9-11)21(15(20-14)5-6-18)10-12-3-2-4-13(17)8-12/h2-4,7-9H,5-6,10H2,1H3. The zero-order valence-electron chi connectivity index (χ0n) is 11.7. The number of fused-ring (bicyclic) bond motifs is 1. The zero-order valence-corrected chi connectivity index (χ0v) is 14.0. The maximum absolute atomic E-state index is 5.91. The molecular weight excluding hydrogens is 350 g/mol. The van der Waals surface area contributed by atoms with Gasteiger partial charge in [-0.25, -0.2) is 9.97 Å². The Labute approximate surface area is 137 Å². The summed E-state index contributed by atoms with van der Waals surface area (Å²) >= 11 is 9.43. The third-order valence-corrected chi connectivity index (χ3v) is 4.03. The summed E-state index contributed by atoms with van der Waals surface area (Å²) in [5, 5.41) is 0. The number of nitrogens with zero attached hydrogens (tertiary/aromatic N) is 3. The van der Waals surface area contributed by atoms with Gasteiger partial charge in [-0.2, -0.15) is 0 Å². The fourth-order valence-corrected chi connectivity index (χ4v) is 3.03. The van der Waals surface area contributed by atoms with Crippen LogP contribution in [0.2, 0.25) is 0 Å². The lowest BCUT2D eigenvalue weighted by Gasteiger charge is -2.08. The van der Waals surface area contributed by atoms with Crippen LogP contribution in [0.15, 0.2) is 41.0 Å². The highest BCUT2D eigenvalue weighted by Gasteiger charge is 2.12. The van der Waals surface area contributed by atoms with Gasteiger partial charge >= 0.3 is 0 Å². The summed E-state index contributed by atoms with van der Waals surface area (Å²) in [5.41, 5.74) is 4.18. The maximum Gasteiger partial charge on any atom is 0.160 e. The first-order valence-corrected chi connectivity index (χ1v) is 8.12. The van der Waals surface area contributed by atoms with Crippen molar-refractivity contribution in [2.45, 2.75) is 19.9 Å². The average Bonchev–Trinajstić information content (AvgIpc) is 2.76. The van der Waals surface area contributed by atoms with Crippen LogP contribution in [-0.4, -0.2) is 20.4 Å². The van der Waals surface area contributed by atoms with E-state index < -0.39 is 0 Å². The summed E-state index contributed by atoms with van der Waals surface area (Å²) in [7, 11) is 0. The highest BCUT2D eigenvalue weighted by molar-refractivity contribution is 9.10. The number of imidazole rings is 1. The molecule has 2 aromatic heterocycles. The quantitative estimate of drug-likeness (QED) is 0.645. The minimum Gasteiger partial charge on any atom is -0.308 e. The lowest BCUT2D eigenvalue weighted by Crippen LogP contribution is -2.06. The van der Waals surface area contributed by atoms with Crippen LogP contribution in [0.5, 0.6) is 0 Å². The Morgan fingerprint density at radius 2 is 2.14 bits per heavy atom. The van der Waals surface area contributed by atoms with E-state index in [-0.39, 0.29) is 0 Å². The minimum absolute atomic E-state index is 0.556. The maximum atomic E-state index is 5.91. The first kappa shape index (κ1) is 14.5. The van der Waals surface area contributed by atoms with Crippen molar-refractivity contribution in [3.8, 4) is 0 Å². The number of aromatic nitrogens is 3. The van der Waals surface area contributed by atoms with Crippen LogP contribution in [0.25, 0.3) is 11.2 Å². The molecule has 21 heavy (non-hydrogen) atoms. The van der Waals surface area contributed by atoms with Crippen molar-refractivity contribution in [3.63, 3.8) is 0 Å². The van der Waals surface area contributed by atoms with E-state index in [4.69, 9.17) is 11.6 Å². The molecule has 0 amide bonds. The minimum atomic E-state index is 0.556. The number of hydrogen-bond donors (Lipinski definition) is 0. The molecule has 0 aliphatic heterocycles. The van der Waals surface area contributed by atoms with Crippen LogP contribution >= 0.6 is 27.5 Å². The molecule has 5 heteroatoms. The van der Waals surface area contributed by atoms with Gasteiger partial charge in [-0.1, -0.05) is 28.1 Å². The molecule has 108 valence electrons. The van der Waals surface area contributed by atoms with E-state index in [0.717, 1.165) is 40.0 Å². The second kappa shape index (κ2) is 6.16. The van der Waals surface area contributed by atoms with E-state index in [2.05, 4.69) is 48.7 Å². The van der Waals surface area contributed by atoms with E-state index in [1.807, 2.05) is 25.3 Å². The third-order valence-electron chi connectivity index (χ3n) is 3.35. The van der Waals surface area contributed by atoms with E-state index in [1.165, 1.54) is 5.56 Å². The van der Waals surface area contributed by atoms with Gasteiger partial charge in [-0.3, -0.25) is 0 Å². The summed E-state index contributed by atoms with van der Waals surface area (Å²) in [4.78, 5) is 9.23. The van der Waals surface area contributed by atoms with Gasteiger partial charge in [-0.15, -0.1) is 11.6 Å². The number of alkyl halides is 1. The van der Waals surface area contributed by atoms with Crippen molar-refractivity contribution >= 4 is 38.7 Å². The normalized spacial score (nSPS) is 11.2. The van der Waals surface area contributed by atoms with E-state index >= 15 is 0 Å². The molecular formula is C16H15BrClN3. The molecule has 3 rings (SSSR count). The monoisotopic (exact) mass is 363 g/mol. The average molecular weight is 365 g/mol. The number of rotatable bonds is 4. The Kier molecular flexibility index (Phi) is 4.27. The Balaban J connectivity index is 2.08. The zero-order chi connectivity index (χ0) is 14.8. The Hall–Kier alpha value is -1.39. The summed E-state index contributed by atoms with van der Waals surface area (Å²) in [6.07, 6.45) is 2.62. The first-order valence-electron chi connectivity index (χ1n) is 6.79. The summed E-state index contributed by atoms with van der Waals surface area (Å²) in [6, 6.07) is 10.4. The van der Waals surface area contributed by atoms with Gasteiger partial charge in [-0.05, 0) is 36.2 Å². The Morgan fingerprint density at radius 1 is 1.29 bits per heavy atom. The first-order chi connectivity index (χ1) is 10.2. The second-order valence-electron chi connectivity index (χ2n) is 5.04. The lowest BCUT2D eigenvalue weighted by atomic mass is 10.2. The number of halogens is 2. The highest BCUT2D eigenvalue weighted by Crippen LogP contribution is 2.19. The van der Waals surface area contributed by atoms with Crippen LogP contribution in [0, 0.1) is 6.92 Å². The van der Waals surface area contributed by atoms with Gasteiger partial charge in [0.05, 0.1) is 6.54 Å². The summed E-state index contributed by atoms with van der Waals surface area (Å²) < 4.78 is 3.23. The van der Waals surface area contributed by atoms with Gasteiger partial charge in [0.25, 0.3) is 0 Å². The Morgan fingerprint density at radius 3 is 2.90 bits per heavy atom. The molecule has 0 bridgehead atoms. The molecule has 0 fully saturated rings. The number of aryl methyl sites for hydroxylation is 2. The van der Waals surface area contributed by atoms with E-state index in [9.17, 15) is 0 Å². The van der Waals surface area contributed by atoms with Gasteiger partial charge in [0.1, 0.15) is 11.3 Å². The molecule has 0 N–H and O–H groups in total. The third kappa shape index (κ3) is 3.11. The lowest BCUT2D eigenvalue weighted by molar-refractivity contribution is 0.747. The number of benzene rings is 1. The fourth-order valence-electron chi connectivity index (χ4n) is 2.42. The molecule has 0 atom stereocenters. The van der Waals surface area contributed by atoms with E-state index in [1.54, 1.807) is 0 Å². The molecule has 0 aliphatic rings. The molecule has 0 unspecified atom stereocenters. The molecule has 1 aromatic carbocycles. The summed E-state index contributed by atoms with van der Waals surface area (Å²) in [6.45, 7) is 2.78. The van der Waals surface area contributed by atoms with Gasteiger partial charge in [0, 0.05) is 23.0 Å². The van der Waals surface area contributed by atoms with Crippen molar-refractivity contribution in [2.24, 2.45) is 0 Å². The molecule has 3 nitrogen and oxygen atoms in total. The predicted octanol–water partition coefficient (Wildman–Crippen LogP) is 4.33. The SMILES string of the molecule is Cc1cnc2c(c1)nc(CCCl)n2Cc1cccc(Br)c1. The fraction of sp³-hybridized carbons (Fsp3) is 0.250. The molecule has 0 saturated heterocycles. The van der Waals surface area contributed by atoms with Crippen LogP contribution in [0.4, 0.5) is 0 Å². The van der Waals surface area contributed by atoms with Crippen LogP contribution in [0.1, 0.15) is 17.0 Å². The molecule has 0 aliphatic carbocycles. The highest BCUT2D eigenvalue weighted by atomic mass is 79.9. The topological polar surface area (TPSA) is 30.7 Å². The van der Waals surface area contributed by atoms with Crippen molar-refractivity contribution in [1.29, 1.82) is 0 Å². The molecule has 0 saturated carbocycles. The van der Waals surface area contributed by atoms with Crippen molar-refractivity contribution in [3.05, 3.63) is 58.0 Å². The largest absolute Gasteiger partial charge is 0.308 e. The van der Waals surface area contributed by atoms with Crippen molar-refractivity contribution in [1.82, 2.24) is 14.5 Å². The van der Waals surface area contributed by atoms with Crippen LogP contribution in [0.3, 0.4) is 0 Å². The van der Waals surface area contributed by atoms with E-state index in [0.29, 0.717) is 5.88 Å². The van der Waals surface area contributed by atoms with Crippen LogP contribution in [-0.2, 0) is 13.0 Å². The smallest absolute Gasteiger partial charge is 0.160 e. The Bertz CT molecular complexity index is 782. The second-order valence-corrected chi connectivity index (χ2v) is 6.33. The number of pyridine rings is 1. The van der Waals surface area contributed by atoms with Crippen LogP contribution < -0.4 is 0 Å². The molecule has 0 radical (unpaired) electrons. The molecule has 2 heterocycles. The van der Waals surface area contributed by atoms with Crippen molar-refractivity contribution < 1.29 is 0 Å². The molecule has 0 spiro atoms. The predicted molar refractivity (Wildman–Crippen MR) is 89.9 cm³/mol. The molecule has 3 aromatic rings. The van der Waals surface area contributed by atoms with Gasteiger partial charge < -0.3 is 4.57 Å². The van der Waals surface area contributed by atoms with Gasteiger partial charge in [0.2, 0.25) is 0 Å². The van der Waals surface area contributed by atoms with Gasteiger partial charge in [0.15, 0.2) is 5.65 Å². The summed E-state index contributed by atoms with van der Waals surface area (Å²) in [5.74, 6) is 1.54. The number of hydrogen-bond acceptors (Lipinski definition) is 2.